The van der Waals surface area contributed by atoms with E-state index in [0.29, 0.717) is 18.2 Å². The minimum Gasteiger partial charge on any atom is -0.375 e. The lowest BCUT2D eigenvalue weighted by molar-refractivity contribution is 0.806. The number of nitrogens with two attached hydrogens (primary N) is 1. The van der Waals surface area contributed by atoms with E-state index in [1.165, 1.54) is 0 Å². The molecular formula is C18H24ClN3. The molecule has 118 valence electrons. The number of rotatable bonds is 9. The third kappa shape index (κ3) is 6.74. The predicted molar refractivity (Wildman–Crippen MR) is 98.2 cm³/mol. The molecule has 0 aliphatic carbocycles. The molecule has 0 atom stereocenters. The first-order valence-corrected chi connectivity index (χ1v) is 7.71. The zero-order chi connectivity index (χ0) is 16.4. The van der Waals surface area contributed by atoms with Gasteiger partial charge >= 0.3 is 0 Å². The maximum atomic E-state index is 6.08. The van der Waals surface area contributed by atoms with Gasteiger partial charge in [-0.15, -0.1) is 0 Å². The van der Waals surface area contributed by atoms with Crippen LogP contribution >= 0.6 is 11.6 Å². The fraction of sp³-hybridized carbons (Fsp3) is 0.278. The summed E-state index contributed by atoms with van der Waals surface area (Å²) in [6.07, 6.45) is 5.90. The Morgan fingerprint density at radius 2 is 2.18 bits per heavy atom. The largest absolute Gasteiger partial charge is 0.375 e. The second-order valence-corrected chi connectivity index (χ2v) is 5.41. The maximum Gasteiger partial charge on any atom is 0.0780 e. The summed E-state index contributed by atoms with van der Waals surface area (Å²) in [4.78, 5) is 4.41. The Morgan fingerprint density at radius 3 is 2.82 bits per heavy atom. The van der Waals surface area contributed by atoms with Crippen molar-refractivity contribution >= 4 is 23.4 Å². The van der Waals surface area contributed by atoms with Gasteiger partial charge in [-0.25, -0.2) is 0 Å². The number of nitrogens with zero attached hydrogens (tertiary/aromatic N) is 1. The molecule has 0 unspecified atom stereocenters. The second kappa shape index (κ2) is 9.98. The van der Waals surface area contributed by atoms with Crippen molar-refractivity contribution in [3.63, 3.8) is 0 Å². The van der Waals surface area contributed by atoms with Crippen LogP contribution in [0.3, 0.4) is 0 Å². The van der Waals surface area contributed by atoms with Crippen LogP contribution in [0.2, 0.25) is 5.02 Å². The van der Waals surface area contributed by atoms with Crippen LogP contribution in [0.1, 0.15) is 25.3 Å². The monoisotopic (exact) mass is 317 g/mol. The van der Waals surface area contributed by atoms with Crippen molar-refractivity contribution in [3.8, 4) is 0 Å². The van der Waals surface area contributed by atoms with Crippen molar-refractivity contribution in [1.82, 2.24) is 5.32 Å². The van der Waals surface area contributed by atoms with E-state index in [4.69, 9.17) is 17.3 Å². The number of allylic oxidation sites excluding steroid dienone is 3. The van der Waals surface area contributed by atoms with E-state index in [0.717, 1.165) is 35.2 Å². The van der Waals surface area contributed by atoms with Crippen molar-refractivity contribution in [1.29, 1.82) is 0 Å². The van der Waals surface area contributed by atoms with Gasteiger partial charge in [-0.05, 0) is 29.7 Å². The van der Waals surface area contributed by atoms with Gasteiger partial charge < -0.3 is 11.1 Å². The van der Waals surface area contributed by atoms with E-state index in [-0.39, 0.29) is 0 Å². The number of aliphatic imine (C=N–C) groups is 1. The van der Waals surface area contributed by atoms with Crippen LogP contribution in [0.5, 0.6) is 0 Å². The zero-order valence-corrected chi connectivity index (χ0v) is 13.9. The number of hydrogen-bond donors (Lipinski definition) is 2. The SMILES string of the molecule is C=C(/C=C(\C=N/CC(=C)NCN)c1cccc(Cl)c1)CCC. The topological polar surface area (TPSA) is 50.4 Å². The molecular weight excluding hydrogens is 294 g/mol. The summed E-state index contributed by atoms with van der Waals surface area (Å²) in [5.74, 6) is 0. The molecule has 1 rings (SSSR count). The molecule has 1 aromatic rings. The summed E-state index contributed by atoms with van der Waals surface area (Å²) < 4.78 is 0. The highest BCUT2D eigenvalue weighted by molar-refractivity contribution is 6.31. The normalized spacial score (nSPS) is 11.7. The molecule has 0 heterocycles. The lowest BCUT2D eigenvalue weighted by Crippen LogP contribution is -2.22. The number of nitrogens with one attached hydrogen (secondary N) is 1. The van der Waals surface area contributed by atoms with E-state index in [1.807, 2.05) is 30.5 Å². The van der Waals surface area contributed by atoms with E-state index >= 15 is 0 Å². The van der Waals surface area contributed by atoms with Gasteiger partial charge in [0.25, 0.3) is 0 Å². The fourth-order valence-corrected chi connectivity index (χ4v) is 2.12. The van der Waals surface area contributed by atoms with Crippen molar-refractivity contribution in [2.24, 2.45) is 10.7 Å². The number of hydrogen-bond acceptors (Lipinski definition) is 3. The van der Waals surface area contributed by atoms with E-state index in [2.05, 4.69) is 36.5 Å². The first-order chi connectivity index (χ1) is 10.6. The molecule has 0 aromatic heterocycles. The van der Waals surface area contributed by atoms with Crippen molar-refractivity contribution in [2.75, 3.05) is 13.2 Å². The molecule has 0 saturated carbocycles. The first-order valence-electron chi connectivity index (χ1n) is 7.33. The maximum absolute atomic E-state index is 6.08. The Kier molecular flexibility index (Phi) is 8.26. The molecule has 0 radical (unpaired) electrons. The third-order valence-electron chi connectivity index (χ3n) is 2.95. The zero-order valence-electron chi connectivity index (χ0n) is 13.1. The summed E-state index contributed by atoms with van der Waals surface area (Å²) >= 11 is 6.08. The van der Waals surface area contributed by atoms with Crippen LogP contribution in [0.4, 0.5) is 0 Å². The summed E-state index contributed by atoms with van der Waals surface area (Å²) in [6.45, 7) is 10.9. The Balaban J connectivity index is 2.94. The predicted octanol–water partition coefficient (Wildman–Crippen LogP) is 4.17. The molecule has 0 saturated heterocycles. The van der Waals surface area contributed by atoms with Crippen LogP contribution in [-0.4, -0.2) is 19.4 Å². The quantitative estimate of drug-likeness (QED) is 0.408. The summed E-state index contributed by atoms with van der Waals surface area (Å²) in [5.41, 5.74) is 9.27. The van der Waals surface area contributed by atoms with E-state index in [9.17, 15) is 0 Å². The molecule has 0 aliphatic heterocycles. The van der Waals surface area contributed by atoms with Crippen molar-refractivity contribution in [3.05, 3.63) is 65.4 Å². The summed E-state index contributed by atoms with van der Waals surface area (Å²) in [5, 5.41) is 3.64. The summed E-state index contributed by atoms with van der Waals surface area (Å²) in [6, 6.07) is 7.71. The first kappa shape index (κ1) is 18.2. The Bertz CT molecular complexity index is 573. The van der Waals surface area contributed by atoms with Gasteiger partial charge in [0.2, 0.25) is 0 Å². The van der Waals surface area contributed by atoms with Gasteiger partial charge in [0.05, 0.1) is 13.2 Å². The van der Waals surface area contributed by atoms with Crippen LogP contribution < -0.4 is 11.1 Å². The lowest BCUT2D eigenvalue weighted by atomic mass is 10.0. The smallest absolute Gasteiger partial charge is 0.0780 e. The molecule has 0 bridgehead atoms. The molecule has 22 heavy (non-hydrogen) atoms. The number of halogens is 1. The van der Waals surface area contributed by atoms with Gasteiger partial charge in [-0.3, -0.25) is 4.99 Å². The average molecular weight is 318 g/mol. The van der Waals surface area contributed by atoms with Crippen LogP contribution in [0.25, 0.3) is 5.57 Å². The Labute approximate surface area is 138 Å². The van der Waals surface area contributed by atoms with Gasteiger partial charge in [0, 0.05) is 16.9 Å². The van der Waals surface area contributed by atoms with Gasteiger partial charge in [0.15, 0.2) is 0 Å². The highest BCUT2D eigenvalue weighted by atomic mass is 35.5. The molecule has 0 aliphatic rings. The molecule has 1 aromatic carbocycles. The standard InChI is InChI=1S/C18H24ClN3/c1-4-6-14(2)9-17(12-21-11-15(3)22-13-20)16-7-5-8-18(19)10-16/h5,7-10,12,22H,2-4,6,11,13,20H2,1H3/b17-9+,21-12-. The summed E-state index contributed by atoms with van der Waals surface area (Å²) in [7, 11) is 0. The third-order valence-corrected chi connectivity index (χ3v) is 3.19. The average Bonchev–Trinajstić information content (AvgIpc) is 2.47. The molecule has 4 heteroatoms. The van der Waals surface area contributed by atoms with Crippen LogP contribution in [-0.2, 0) is 0 Å². The molecule has 0 spiro atoms. The molecule has 3 N–H and O–H groups in total. The van der Waals surface area contributed by atoms with Gasteiger partial charge in [-0.2, -0.15) is 0 Å². The highest BCUT2D eigenvalue weighted by Gasteiger charge is 2.01. The minimum absolute atomic E-state index is 0.360. The minimum atomic E-state index is 0.360. The van der Waals surface area contributed by atoms with Crippen LogP contribution in [0, 0.1) is 0 Å². The van der Waals surface area contributed by atoms with Crippen LogP contribution in [0.15, 0.2) is 59.8 Å². The molecule has 0 amide bonds. The second-order valence-electron chi connectivity index (χ2n) is 4.97. The lowest BCUT2D eigenvalue weighted by Gasteiger charge is -2.06. The Hall–Kier alpha value is -1.84. The fourth-order valence-electron chi connectivity index (χ4n) is 1.93. The van der Waals surface area contributed by atoms with E-state index in [1.54, 1.807) is 0 Å². The molecule has 3 nitrogen and oxygen atoms in total. The van der Waals surface area contributed by atoms with Crippen molar-refractivity contribution in [2.45, 2.75) is 19.8 Å². The Morgan fingerprint density at radius 1 is 1.41 bits per heavy atom. The van der Waals surface area contributed by atoms with E-state index < -0.39 is 0 Å². The molecule has 0 fully saturated rings. The van der Waals surface area contributed by atoms with Crippen molar-refractivity contribution < 1.29 is 0 Å². The van der Waals surface area contributed by atoms with Gasteiger partial charge in [-0.1, -0.05) is 61.9 Å². The number of benzene rings is 1. The van der Waals surface area contributed by atoms with Gasteiger partial charge in [0.1, 0.15) is 0 Å². The highest BCUT2D eigenvalue weighted by Crippen LogP contribution is 2.20.